The fourth-order valence-corrected chi connectivity index (χ4v) is 2.94. The van der Waals surface area contributed by atoms with E-state index in [1.54, 1.807) is 6.26 Å². The van der Waals surface area contributed by atoms with E-state index in [9.17, 15) is 0 Å². The minimum Gasteiger partial charge on any atom is -0.468 e. The summed E-state index contributed by atoms with van der Waals surface area (Å²) in [4.78, 5) is 2.49. The summed E-state index contributed by atoms with van der Waals surface area (Å²) in [6.45, 7) is 2.96. The van der Waals surface area contributed by atoms with Crippen molar-refractivity contribution >= 4 is 0 Å². The van der Waals surface area contributed by atoms with E-state index in [4.69, 9.17) is 10.2 Å². The highest BCUT2D eigenvalue weighted by molar-refractivity contribution is 5.16. The van der Waals surface area contributed by atoms with Crippen molar-refractivity contribution in [2.24, 2.45) is 12.8 Å². The first-order valence-electron chi connectivity index (χ1n) is 7.71. The van der Waals surface area contributed by atoms with Crippen molar-refractivity contribution in [3.63, 3.8) is 0 Å². The number of hydrogen-bond donors (Lipinski definition) is 1. The quantitative estimate of drug-likeness (QED) is 0.850. The maximum Gasteiger partial charge on any atom is 0.117 e. The molecule has 2 heterocycles. The van der Waals surface area contributed by atoms with E-state index in [0.717, 1.165) is 18.7 Å². The highest BCUT2D eigenvalue weighted by Gasteiger charge is 2.37. The number of furan rings is 1. The fourth-order valence-electron chi connectivity index (χ4n) is 2.94. The standard InChI is InChI=1S/C16H24N4O/c1-3-15(17)16(12-9-18-19(2)10-12)20(13-6-7-13)11-14-5-4-8-21-14/h4-5,8-10,13,15-16H,3,6-7,11,17H2,1-2H3. The summed E-state index contributed by atoms with van der Waals surface area (Å²) in [5.74, 6) is 0.999. The van der Waals surface area contributed by atoms with Gasteiger partial charge in [0.05, 0.1) is 25.0 Å². The van der Waals surface area contributed by atoms with Crippen LogP contribution in [0, 0.1) is 0 Å². The van der Waals surface area contributed by atoms with Crippen LogP contribution in [0.15, 0.2) is 35.2 Å². The van der Waals surface area contributed by atoms with E-state index < -0.39 is 0 Å². The van der Waals surface area contributed by atoms with Crippen LogP contribution in [-0.4, -0.2) is 26.8 Å². The Bertz CT molecular complexity index is 559. The van der Waals surface area contributed by atoms with Crippen molar-refractivity contribution in [2.75, 3.05) is 0 Å². The minimum absolute atomic E-state index is 0.102. The largest absolute Gasteiger partial charge is 0.468 e. The van der Waals surface area contributed by atoms with Crippen LogP contribution in [0.2, 0.25) is 0 Å². The lowest BCUT2D eigenvalue weighted by atomic mass is 9.98. The molecule has 0 aliphatic heterocycles. The molecule has 3 rings (SSSR count). The van der Waals surface area contributed by atoms with Crippen LogP contribution in [0.3, 0.4) is 0 Å². The first-order valence-corrected chi connectivity index (χ1v) is 7.71. The highest BCUT2D eigenvalue weighted by Crippen LogP contribution is 2.37. The molecule has 2 aromatic rings. The molecule has 0 spiro atoms. The molecule has 0 bridgehead atoms. The van der Waals surface area contributed by atoms with Crippen LogP contribution in [0.1, 0.15) is 43.6 Å². The summed E-state index contributed by atoms with van der Waals surface area (Å²) in [5, 5.41) is 4.32. The third-order valence-electron chi connectivity index (χ3n) is 4.24. The Morgan fingerprint density at radius 2 is 2.33 bits per heavy atom. The molecule has 2 unspecified atom stereocenters. The van der Waals surface area contributed by atoms with E-state index >= 15 is 0 Å². The Morgan fingerprint density at radius 1 is 1.52 bits per heavy atom. The van der Waals surface area contributed by atoms with Gasteiger partial charge in [-0.3, -0.25) is 9.58 Å². The lowest BCUT2D eigenvalue weighted by molar-refractivity contribution is 0.139. The van der Waals surface area contributed by atoms with E-state index in [1.807, 2.05) is 30.1 Å². The monoisotopic (exact) mass is 288 g/mol. The van der Waals surface area contributed by atoms with Crippen LogP contribution in [0.4, 0.5) is 0 Å². The first kappa shape index (κ1) is 14.4. The molecular weight excluding hydrogens is 264 g/mol. The second kappa shape index (κ2) is 6.03. The maximum atomic E-state index is 6.44. The minimum atomic E-state index is 0.102. The molecule has 1 aliphatic rings. The zero-order valence-corrected chi connectivity index (χ0v) is 12.8. The molecule has 5 heteroatoms. The van der Waals surface area contributed by atoms with Gasteiger partial charge in [-0.25, -0.2) is 0 Å². The summed E-state index contributed by atoms with van der Waals surface area (Å²) in [7, 11) is 1.95. The van der Waals surface area contributed by atoms with Crippen LogP contribution < -0.4 is 5.73 Å². The van der Waals surface area contributed by atoms with E-state index in [2.05, 4.69) is 23.1 Å². The second-order valence-corrected chi connectivity index (χ2v) is 5.95. The molecule has 114 valence electrons. The summed E-state index contributed by atoms with van der Waals surface area (Å²) >= 11 is 0. The number of aromatic nitrogens is 2. The van der Waals surface area contributed by atoms with Crippen molar-refractivity contribution in [3.05, 3.63) is 42.1 Å². The number of nitrogens with two attached hydrogens (primary N) is 1. The van der Waals surface area contributed by atoms with E-state index in [-0.39, 0.29) is 12.1 Å². The number of rotatable bonds is 7. The van der Waals surface area contributed by atoms with E-state index in [1.165, 1.54) is 18.4 Å². The predicted molar refractivity (Wildman–Crippen MR) is 81.5 cm³/mol. The van der Waals surface area contributed by atoms with E-state index in [0.29, 0.717) is 6.04 Å². The summed E-state index contributed by atoms with van der Waals surface area (Å²) in [6, 6.07) is 4.89. The molecular formula is C16H24N4O. The Morgan fingerprint density at radius 3 is 2.86 bits per heavy atom. The third kappa shape index (κ3) is 3.19. The number of nitrogens with zero attached hydrogens (tertiary/aromatic N) is 3. The van der Waals surface area contributed by atoms with Gasteiger partial charge in [-0.2, -0.15) is 5.10 Å². The number of aryl methyl sites for hydroxylation is 1. The van der Waals surface area contributed by atoms with Crippen molar-refractivity contribution < 1.29 is 4.42 Å². The van der Waals surface area contributed by atoms with Crippen LogP contribution >= 0.6 is 0 Å². The topological polar surface area (TPSA) is 60.2 Å². The summed E-state index contributed by atoms with van der Waals surface area (Å²) in [6.07, 6.45) is 9.19. The third-order valence-corrected chi connectivity index (χ3v) is 4.24. The molecule has 2 aromatic heterocycles. The van der Waals surface area contributed by atoms with Crippen LogP contribution in [0.5, 0.6) is 0 Å². The summed E-state index contributed by atoms with van der Waals surface area (Å²) in [5.41, 5.74) is 7.64. The van der Waals surface area contributed by atoms with Gasteiger partial charge in [-0.1, -0.05) is 6.92 Å². The summed E-state index contributed by atoms with van der Waals surface area (Å²) < 4.78 is 7.39. The van der Waals surface area contributed by atoms with Crippen molar-refractivity contribution in [2.45, 2.75) is 50.9 Å². The Labute approximate surface area is 125 Å². The zero-order valence-electron chi connectivity index (χ0n) is 12.8. The van der Waals surface area contributed by atoms with Crippen LogP contribution in [0.25, 0.3) is 0 Å². The molecule has 5 nitrogen and oxygen atoms in total. The van der Waals surface area contributed by atoms with Crippen LogP contribution in [-0.2, 0) is 13.6 Å². The van der Waals surface area contributed by atoms with Gasteiger partial charge < -0.3 is 10.2 Å². The first-order chi connectivity index (χ1) is 10.2. The molecule has 1 aliphatic carbocycles. The van der Waals surface area contributed by atoms with Gasteiger partial charge >= 0.3 is 0 Å². The number of hydrogen-bond acceptors (Lipinski definition) is 4. The van der Waals surface area contributed by atoms with Gasteiger partial charge in [0.1, 0.15) is 5.76 Å². The fraction of sp³-hybridized carbons (Fsp3) is 0.562. The average molecular weight is 288 g/mol. The zero-order chi connectivity index (χ0) is 14.8. The molecule has 0 radical (unpaired) electrons. The SMILES string of the molecule is CCC(N)C(c1cnn(C)c1)N(Cc1ccco1)C1CC1. The lowest BCUT2D eigenvalue weighted by Crippen LogP contribution is -2.41. The predicted octanol–water partition coefficient (Wildman–Crippen LogP) is 2.46. The maximum absolute atomic E-state index is 6.44. The Hall–Kier alpha value is -1.59. The van der Waals surface area contributed by atoms with Gasteiger partial charge in [-0.15, -0.1) is 0 Å². The van der Waals surface area contributed by atoms with Gasteiger partial charge in [0, 0.05) is 30.9 Å². The van der Waals surface area contributed by atoms with Crippen molar-refractivity contribution in [1.82, 2.24) is 14.7 Å². The van der Waals surface area contributed by atoms with Crippen molar-refractivity contribution in [1.29, 1.82) is 0 Å². The average Bonchev–Trinajstić information content (AvgIpc) is 3.03. The van der Waals surface area contributed by atoms with Gasteiger partial charge in [0.25, 0.3) is 0 Å². The lowest BCUT2D eigenvalue weighted by Gasteiger charge is -2.34. The molecule has 1 saturated carbocycles. The Balaban J connectivity index is 1.88. The normalized spacial score (nSPS) is 18.1. The second-order valence-electron chi connectivity index (χ2n) is 5.95. The molecule has 0 amide bonds. The van der Waals surface area contributed by atoms with Gasteiger partial charge in [-0.05, 0) is 31.4 Å². The molecule has 21 heavy (non-hydrogen) atoms. The smallest absolute Gasteiger partial charge is 0.117 e. The van der Waals surface area contributed by atoms with Gasteiger partial charge in [0.15, 0.2) is 0 Å². The highest BCUT2D eigenvalue weighted by atomic mass is 16.3. The Kier molecular flexibility index (Phi) is 4.12. The molecule has 1 fully saturated rings. The molecule has 0 saturated heterocycles. The molecule has 2 atom stereocenters. The van der Waals surface area contributed by atoms with Gasteiger partial charge in [0.2, 0.25) is 0 Å². The molecule has 0 aromatic carbocycles. The van der Waals surface area contributed by atoms with Crippen molar-refractivity contribution in [3.8, 4) is 0 Å². The molecule has 2 N–H and O–H groups in total.